The van der Waals surface area contributed by atoms with Crippen LogP contribution in [0.5, 0.6) is 0 Å². The zero-order valence-electron chi connectivity index (χ0n) is 12.2. The number of anilines is 1. The quantitative estimate of drug-likeness (QED) is 0.863. The van der Waals surface area contributed by atoms with E-state index in [0.717, 1.165) is 31.8 Å². The summed E-state index contributed by atoms with van der Waals surface area (Å²) >= 11 is 1.97. The van der Waals surface area contributed by atoms with Crippen molar-refractivity contribution in [3.63, 3.8) is 0 Å². The molecule has 1 aromatic rings. The van der Waals surface area contributed by atoms with Gasteiger partial charge in [0.1, 0.15) is 0 Å². The number of nitrogens with one attached hydrogen (secondary N) is 1. The van der Waals surface area contributed by atoms with Crippen molar-refractivity contribution in [2.75, 3.05) is 30.7 Å². The molecule has 108 valence electrons. The first-order valence-electron chi connectivity index (χ1n) is 7.30. The van der Waals surface area contributed by atoms with Gasteiger partial charge in [0.25, 0.3) is 0 Å². The van der Waals surface area contributed by atoms with Crippen LogP contribution in [0.4, 0.5) is 5.69 Å². The summed E-state index contributed by atoms with van der Waals surface area (Å²) < 4.78 is 0.188. The van der Waals surface area contributed by atoms with Gasteiger partial charge in [0.2, 0.25) is 5.91 Å². The number of thioether (sulfide) groups is 1. The van der Waals surface area contributed by atoms with Crippen molar-refractivity contribution < 1.29 is 4.79 Å². The van der Waals surface area contributed by atoms with E-state index in [1.54, 1.807) is 0 Å². The Morgan fingerprint density at radius 1 is 1.40 bits per heavy atom. The fraction of sp³-hybridized carbons (Fsp3) is 0.562. The number of rotatable bonds is 1. The molecule has 2 aliphatic heterocycles. The van der Waals surface area contributed by atoms with E-state index in [0.29, 0.717) is 5.91 Å². The summed E-state index contributed by atoms with van der Waals surface area (Å²) in [6.45, 7) is 6.98. The monoisotopic (exact) mass is 290 g/mol. The van der Waals surface area contributed by atoms with Crippen LogP contribution in [0.15, 0.2) is 24.3 Å². The summed E-state index contributed by atoms with van der Waals surface area (Å²) in [7, 11) is 0. The normalized spacial score (nSPS) is 24.7. The largest absolute Gasteiger partial charge is 0.384 e. The zero-order valence-corrected chi connectivity index (χ0v) is 13.0. The average molecular weight is 290 g/mol. The molecule has 1 atom stereocenters. The van der Waals surface area contributed by atoms with E-state index in [9.17, 15) is 4.79 Å². The van der Waals surface area contributed by atoms with Gasteiger partial charge < -0.3 is 10.2 Å². The maximum atomic E-state index is 12.7. The van der Waals surface area contributed by atoms with Crippen LogP contribution in [0.1, 0.15) is 19.4 Å². The van der Waals surface area contributed by atoms with Gasteiger partial charge in [-0.2, -0.15) is 11.8 Å². The minimum atomic E-state index is 0.0869. The number of para-hydroxylation sites is 1. The van der Waals surface area contributed by atoms with Gasteiger partial charge in [-0.15, -0.1) is 0 Å². The lowest BCUT2D eigenvalue weighted by Crippen LogP contribution is -2.50. The summed E-state index contributed by atoms with van der Waals surface area (Å²) in [5.74, 6) is 1.46. The maximum Gasteiger partial charge on any atom is 0.227 e. The first kappa shape index (κ1) is 13.8. The second-order valence-corrected chi connectivity index (χ2v) is 8.11. The summed E-state index contributed by atoms with van der Waals surface area (Å²) in [4.78, 5) is 14.8. The average Bonchev–Trinajstić information content (AvgIpc) is 2.45. The van der Waals surface area contributed by atoms with Crippen LogP contribution < -0.4 is 5.32 Å². The fourth-order valence-electron chi connectivity index (χ4n) is 3.08. The smallest absolute Gasteiger partial charge is 0.227 e. The van der Waals surface area contributed by atoms with Gasteiger partial charge in [0.05, 0.1) is 5.92 Å². The Bertz CT molecular complexity index is 515. The molecule has 1 unspecified atom stereocenters. The Labute approximate surface area is 125 Å². The highest BCUT2D eigenvalue weighted by Crippen LogP contribution is 2.31. The van der Waals surface area contributed by atoms with E-state index >= 15 is 0 Å². The van der Waals surface area contributed by atoms with Gasteiger partial charge >= 0.3 is 0 Å². The number of carbonyl (C=O) groups is 1. The predicted molar refractivity (Wildman–Crippen MR) is 85.2 cm³/mol. The van der Waals surface area contributed by atoms with Crippen molar-refractivity contribution in [2.45, 2.75) is 25.0 Å². The van der Waals surface area contributed by atoms with Crippen LogP contribution in [-0.2, 0) is 11.2 Å². The Morgan fingerprint density at radius 3 is 3.00 bits per heavy atom. The van der Waals surface area contributed by atoms with Crippen LogP contribution in [-0.4, -0.2) is 40.9 Å². The van der Waals surface area contributed by atoms with Gasteiger partial charge in [-0.05, 0) is 31.9 Å². The molecule has 0 aliphatic carbocycles. The van der Waals surface area contributed by atoms with E-state index in [4.69, 9.17) is 0 Å². The number of carbonyl (C=O) groups excluding carboxylic acids is 1. The molecule has 20 heavy (non-hydrogen) atoms. The molecule has 2 heterocycles. The lowest BCUT2D eigenvalue weighted by molar-refractivity contribution is -0.135. The van der Waals surface area contributed by atoms with Crippen molar-refractivity contribution in [3.05, 3.63) is 29.8 Å². The molecule has 1 amide bonds. The summed E-state index contributed by atoms with van der Waals surface area (Å²) in [5, 5.41) is 3.40. The van der Waals surface area contributed by atoms with Gasteiger partial charge in [-0.3, -0.25) is 4.79 Å². The van der Waals surface area contributed by atoms with Crippen LogP contribution in [0.3, 0.4) is 0 Å². The zero-order chi connectivity index (χ0) is 14.2. The van der Waals surface area contributed by atoms with Crippen LogP contribution in [0.25, 0.3) is 0 Å². The molecular formula is C16H22N2OS. The summed E-state index contributed by atoms with van der Waals surface area (Å²) in [6.07, 6.45) is 0.867. The topological polar surface area (TPSA) is 32.3 Å². The van der Waals surface area contributed by atoms with E-state index in [1.807, 2.05) is 23.9 Å². The molecular weight excluding hydrogens is 268 g/mol. The molecule has 1 saturated heterocycles. The molecule has 3 rings (SSSR count). The maximum absolute atomic E-state index is 12.7. The third-order valence-corrected chi connectivity index (χ3v) is 5.41. The number of amides is 1. The molecule has 0 bridgehead atoms. The highest BCUT2D eigenvalue weighted by molar-refractivity contribution is 8.00. The SMILES string of the molecule is CC1(C)CN(C(=O)C2CNc3ccccc3C2)CCS1. The summed E-state index contributed by atoms with van der Waals surface area (Å²) in [6, 6.07) is 8.31. The van der Waals surface area contributed by atoms with Crippen LogP contribution >= 0.6 is 11.8 Å². The molecule has 4 heteroatoms. The van der Waals surface area contributed by atoms with Gasteiger partial charge in [0.15, 0.2) is 0 Å². The van der Waals surface area contributed by atoms with Crippen LogP contribution in [0.2, 0.25) is 0 Å². The first-order chi connectivity index (χ1) is 9.55. The molecule has 1 N–H and O–H groups in total. The third kappa shape index (κ3) is 2.80. The number of fused-ring (bicyclic) bond motifs is 1. The molecule has 3 nitrogen and oxygen atoms in total. The molecule has 0 saturated carbocycles. The fourth-order valence-corrected chi connectivity index (χ4v) is 4.19. The molecule has 0 aromatic heterocycles. The lowest BCUT2D eigenvalue weighted by Gasteiger charge is -2.39. The standard InChI is InChI=1S/C16H22N2OS/c1-16(2)11-18(7-8-20-16)15(19)13-9-12-5-3-4-6-14(12)17-10-13/h3-6,13,17H,7-11H2,1-2H3. The lowest BCUT2D eigenvalue weighted by atomic mass is 9.92. The molecule has 0 spiro atoms. The minimum absolute atomic E-state index is 0.0869. The van der Waals surface area contributed by atoms with E-state index in [-0.39, 0.29) is 10.7 Å². The molecule has 2 aliphatic rings. The minimum Gasteiger partial charge on any atom is -0.384 e. The molecule has 1 fully saturated rings. The van der Waals surface area contributed by atoms with Crippen molar-refractivity contribution in [1.82, 2.24) is 4.90 Å². The number of hydrogen-bond acceptors (Lipinski definition) is 3. The predicted octanol–water partition coefficient (Wildman–Crippen LogP) is 2.62. The van der Waals surface area contributed by atoms with Crippen molar-refractivity contribution in [1.29, 1.82) is 0 Å². The Kier molecular flexibility index (Phi) is 3.67. The second kappa shape index (κ2) is 5.32. The van der Waals surface area contributed by atoms with Crippen molar-refractivity contribution in [2.24, 2.45) is 5.92 Å². The Hall–Kier alpha value is -1.16. The summed E-state index contributed by atoms with van der Waals surface area (Å²) in [5.41, 5.74) is 2.45. The van der Waals surface area contributed by atoms with Gasteiger partial charge in [-0.1, -0.05) is 18.2 Å². The first-order valence-corrected chi connectivity index (χ1v) is 8.28. The van der Waals surface area contributed by atoms with E-state index in [1.165, 1.54) is 11.3 Å². The number of nitrogens with zero attached hydrogens (tertiary/aromatic N) is 1. The van der Waals surface area contributed by atoms with Crippen molar-refractivity contribution >= 4 is 23.4 Å². The van der Waals surface area contributed by atoms with E-state index in [2.05, 4.69) is 36.2 Å². The van der Waals surface area contributed by atoms with Gasteiger partial charge in [0, 0.05) is 35.8 Å². The Morgan fingerprint density at radius 2 is 2.20 bits per heavy atom. The van der Waals surface area contributed by atoms with Crippen molar-refractivity contribution in [3.8, 4) is 0 Å². The highest BCUT2D eigenvalue weighted by Gasteiger charge is 2.34. The number of benzene rings is 1. The highest BCUT2D eigenvalue weighted by atomic mass is 32.2. The Balaban J connectivity index is 1.70. The number of hydrogen-bond donors (Lipinski definition) is 1. The molecule has 1 aromatic carbocycles. The van der Waals surface area contributed by atoms with Gasteiger partial charge in [-0.25, -0.2) is 0 Å². The molecule has 0 radical (unpaired) electrons. The van der Waals surface area contributed by atoms with Crippen LogP contribution in [0, 0.1) is 5.92 Å². The second-order valence-electron chi connectivity index (χ2n) is 6.31. The third-order valence-electron chi connectivity index (χ3n) is 4.11. The van der Waals surface area contributed by atoms with E-state index < -0.39 is 0 Å².